The molecule has 1 aromatic carbocycles. The standard InChI is InChI=1S/C10H12F3NO/c1-2-15-9-6-4-3-5-8(9)14-7-10(11,12)13/h3-6,14H,2,7H2,1H3. The van der Waals surface area contributed by atoms with Gasteiger partial charge >= 0.3 is 6.18 Å². The predicted octanol–water partition coefficient (Wildman–Crippen LogP) is 3.06. The maximum Gasteiger partial charge on any atom is 0.405 e. The molecule has 0 aliphatic rings. The molecule has 84 valence electrons. The Balaban J connectivity index is 2.67. The van der Waals surface area contributed by atoms with Gasteiger partial charge in [0, 0.05) is 0 Å². The predicted molar refractivity (Wildman–Crippen MR) is 52.2 cm³/mol. The summed E-state index contributed by atoms with van der Waals surface area (Å²) in [6.45, 7) is 1.14. The highest BCUT2D eigenvalue weighted by Crippen LogP contribution is 2.25. The number of hydrogen-bond acceptors (Lipinski definition) is 2. The summed E-state index contributed by atoms with van der Waals surface area (Å²) < 4.78 is 41.0. The Bertz CT molecular complexity index is 312. The van der Waals surface area contributed by atoms with Gasteiger partial charge in [0.05, 0.1) is 12.3 Å². The molecule has 1 N–H and O–H groups in total. The third-order valence-electron chi connectivity index (χ3n) is 1.67. The number of para-hydroxylation sites is 2. The van der Waals surface area contributed by atoms with Gasteiger partial charge in [-0.25, -0.2) is 0 Å². The molecule has 0 aliphatic carbocycles. The summed E-state index contributed by atoms with van der Waals surface area (Å²) in [7, 11) is 0. The van der Waals surface area contributed by atoms with Crippen molar-refractivity contribution in [2.75, 3.05) is 18.5 Å². The van der Waals surface area contributed by atoms with Crippen LogP contribution in [0.1, 0.15) is 6.92 Å². The van der Waals surface area contributed by atoms with Crippen molar-refractivity contribution < 1.29 is 17.9 Å². The van der Waals surface area contributed by atoms with Crippen LogP contribution in [0.4, 0.5) is 18.9 Å². The first-order valence-corrected chi connectivity index (χ1v) is 4.55. The molecular formula is C10H12F3NO. The van der Waals surface area contributed by atoms with Crippen LogP contribution in [0.2, 0.25) is 0 Å². The molecule has 0 spiro atoms. The van der Waals surface area contributed by atoms with E-state index in [0.29, 0.717) is 18.0 Å². The van der Waals surface area contributed by atoms with E-state index in [1.54, 1.807) is 31.2 Å². The minimum atomic E-state index is -4.22. The maximum atomic E-state index is 12.0. The number of halogens is 3. The minimum Gasteiger partial charge on any atom is -0.492 e. The second-order valence-corrected chi connectivity index (χ2v) is 2.90. The highest BCUT2D eigenvalue weighted by Gasteiger charge is 2.26. The van der Waals surface area contributed by atoms with Gasteiger partial charge in [-0.1, -0.05) is 12.1 Å². The number of anilines is 1. The average molecular weight is 219 g/mol. The summed E-state index contributed by atoms with van der Waals surface area (Å²) in [6, 6.07) is 6.55. The lowest BCUT2D eigenvalue weighted by atomic mass is 10.3. The topological polar surface area (TPSA) is 21.3 Å². The molecule has 0 bridgehead atoms. The first-order chi connectivity index (χ1) is 7.03. The molecule has 0 saturated carbocycles. The van der Waals surface area contributed by atoms with E-state index >= 15 is 0 Å². The molecule has 0 heterocycles. The lowest BCUT2D eigenvalue weighted by Crippen LogP contribution is -2.21. The molecule has 1 rings (SSSR count). The van der Waals surface area contributed by atoms with Gasteiger partial charge in [0.2, 0.25) is 0 Å². The quantitative estimate of drug-likeness (QED) is 0.840. The van der Waals surface area contributed by atoms with Crippen molar-refractivity contribution in [3.8, 4) is 5.75 Å². The van der Waals surface area contributed by atoms with E-state index in [1.807, 2.05) is 0 Å². The fourth-order valence-electron chi connectivity index (χ4n) is 1.09. The molecule has 0 atom stereocenters. The molecule has 1 aromatic rings. The van der Waals surface area contributed by atoms with Gasteiger partial charge in [-0.05, 0) is 19.1 Å². The third kappa shape index (κ3) is 4.10. The van der Waals surface area contributed by atoms with Crippen molar-refractivity contribution in [3.63, 3.8) is 0 Å². The molecule has 0 radical (unpaired) electrons. The first kappa shape index (κ1) is 11.7. The van der Waals surface area contributed by atoms with E-state index in [1.165, 1.54) is 0 Å². The average Bonchev–Trinajstić information content (AvgIpc) is 2.16. The Morgan fingerprint density at radius 3 is 2.53 bits per heavy atom. The van der Waals surface area contributed by atoms with Crippen LogP contribution in [0.5, 0.6) is 5.75 Å². The molecule has 0 saturated heterocycles. The van der Waals surface area contributed by atoms with E-state index in [2.05, 4.69) is 5.32 Å². The smallest absolute Gasteiger partial charge is 0.405 e. The van der Waals surface area contributed by atoms with Crippen molar-refractivity contribution in [1.82, 2.24) is 0 Å². The third-order valence-corrected chi connectivity index (χ3v) is 1.67. The van der Waals surface area contributed by atoms with Crippen molar-refractivity contribution in [2.45, 2.75) is 13.1 Å². The Hall–Kier alpha value is -1.39. The molecule has 0 unspecified atom stereocenters. The van der Waals surface area contributed by atoms with Gasteiger partial charge in [-0.3, -0.25) is 0 Å². The number of hydrogen-bond donors (Lipinski definition) is 1. The largest absolute Gasteiger partial charge is 0.492 e. The number of benzene rings is 1. The van der Waals surface area contributed by atoms with Crippen molar-refractivity contribution in [3.05, 3.63) is 24.3 Å². The number of rotatable bonds is 4. The van der Waals surface area contributed by atoms with Crippen molar-refractivity contribution in [2.24, 2.45) is 0 Å². The van der Waals surface area contributed by atoms with E-state index in [-0.39, 0.29) is 0 Å². The van der Waals surface area contributed by atoms with Gasteiger partial charge in [0.1, 0.15) is 12.3 Å². The second-order valence-electron chi connectivity index (χ2n) is 2.90. The van der Waals surface area contributed by atoms with Crippen LogP contribution in [-0.4, -0.2) is 19.3 Å². The van der Waals surface area contributed by atoms with E-state index in [0.717, 1.165) is 0 Å². The minimum absolute atomic E-state index is 0.358. The molecular weight excluding hydrogens is 207 g/mol. The molecule has 0 amide bonds. The molecule has 0 fully saturated rings. The molecule has 5 heteroatoms. The van der Waals surface area contributed by atoms with Gasteiger partial charge in [-0.2, -0.15) is 13.2 Å². The number of nitrogens with one attached hydrogen (secondary N) is 1. The van der Waals surface area contributed by atoms with Gasteiger partial charge < -0.3 is 10.1 Å². The van der Waals surface area contributed by atoms with Crippen LogP contribution < -0.4 is 10.1 Å². The molecule has 2 nitrogen and oxygen atoms in total. The summed E-state index contributed by atoms with van der Waals surface area (Å²) in [4.78, 5) is 0. The fraction of sp³-hybridized carbons (Fsp3) is 0.400. The Kier molecular flexibility index (Phi) is 3.82. The lowest BCUT2D eigenvalue weighted by Gasteiger charge is -2.13. The fourth-order valence-corrected chi connectivity index (χ4v) is 1.09. The monoisotopic (exact) mass is 219 g/mol. The molecule has 0 aromatic heterocycles. The highest BCUT2D eigenvalue weighted by molar-refractivity contribution is 5.56. The Morgan fingerprint density at radius 1 is 1.27 bits per heavy atom. The van der Waals surface area contributed by atoms with E-state index in [4.69, 9.17) is 4.74 Å². The zero-order valence-electron chi connectivity index (χ0n) is 8.27. The Morgan fingerprint density at radius 2 is 1.93 bits per heavy atom. The highest BCUT2D eigenvalue weighted by atomic mass is 19.4. The van der Waals surface area contributed by atoms with E-state index in [9.17, 15) is 13.2 Å². The second kappa shape index (κ2) is 4.91. The van der Waals surface area contributed by atoms with Crippen LogP contribution in [0.3, 0.4) is 0 Å². The van der Waals surface area contributed by atoms with Gasteiger partial charge in [0.25, 0.3) is 0 Å². The normalized spacial score (nSPS) is 11.2. The first-order valence-electron chi connectivity index (χ1n) is 4.55. The van der Waals surface area contributed by atoms with Gasteiger partial charge in [-0.15, -0.1) is 0 Å². The van der Waals surface area contributed by atoms with Crippen LogP contribution in [0.25, 0.3) is 0 Å². The summed E-state index contributed by atoms with van der Waals surface area (Å²) in [6.07, 6.45) is -4.22. The summed E-state index contributed by atoms with van der Waals surface area (Å²) >= 11 is 0. The summed E-state index contributed by atoms with van der Waals surface area (Å²) in [5, 5.41) is 2.29. The van der Waals surface area contributed by atoms with Crippen LogP contribution in [0, 0.1) is 0 Å². The lowest BCUT2D eigenvalue weighted by molar-refractivity contribution is -0.115. The van der Waals surface area contributed by atoms with Crippen LogP contribution in [0.15, 0.2) is 24.3 Å². The number of ether oxygens (including phenoxy) is 1. The van der Waals surface area contributed by atoms with Crippen molar-refractivity contribution >= 4 is 5.69 Å². The zero-order chi connectivity index (χ0) is 11.3. The summed E-state index contributed by atoms with van der Waals surface area (Å²) in [5.41, 5.74) is 0.358. The maximum absolute atomic E-state index is 12.0. The van der Waals surface area contributed by atoms with Crippen molar-refractivity contribution in [1.29, 1.82) is 0 Å². The van der Waals surface area contributed by atoms with E-state index < -0.39 is 12.7 Å². The Labute approximate surface area is 86.1 Å². The van der Waals surface area contributed by atoms with Gasteiger partial charge in [0.15, 0.2) is 0 Å². The number of alkyl halides is 3. The van der Waals surface area contributed by atoms with Crippen LogP contribution >= 0.6 is 0 Å². The zero-order valence-corrected chi connectivity index (χ0v) is 8.27. The molecule has 15 heavy (non-hydrogen) atoms. The summed E-state index contributed by atoms with van der Waals surface area (Å²) in [5.74, 6) is 0.434. The SMILES string of the molecule is CCOc1ccccc1NCC(F)(F)F. The molecule has 0 aliphatic heterocycles. The van der Waals surface area contributed by atoms with Crippen LogP contribution in [-0.2, 0) is 0 Å².